The first-order chi connectivity index (χ1) is 9.49. The molecule has 1 aliphatic heterocycles. The zero-order valence-electron chi connectivity index (χ0n) is 13.0. The summed E-state index contributed by atoms with van der Waals surface area (Å²) in [6, 6.07) is 6.61. The van der Waals surface area contributed by atoms with E-state index in [1.54, 1.807) is 0 Å². The third kappa shape index (κ3) is 3.33. The molecule has 0 bridgehead atoms. The molecule has 3 nitrogen and oxygen atoms in total. The van der Waals surface area contributed by atoms with Gasteiger partial charge in [0.2, 0.25) is 0 Å². The molecule has 2 unspecified atom stereocenters. The van der Waals surface area contributed by atoms with Gasteiger partial charge in [0.15, 0.2) is 6.61 Å². The number of likely N-dealkylation sites (tertiary alicyclic amines) is 1. The maximum atomic E-state index is 12.3. The number of benzene rings is 1. The van der Waals surface area contributed by atoms with Gasteiger partial charge in [0.25, 0.3) is 5.91 Å². The van der Waals surface area contributed by atoms with Gasteiger partial charge in [0.05, 0.1) is 0 Å². The van der Waals surface area contributed by atoms with Crippen molar-refractivity contribution in [2.24, 2.45) is 0 Å². The van der Waals surface area contributed by atoms with Crippen LogP contribution in [0.1, 0.15) is 44.2 Å². The maximum absolute atomic E-state index is 12.3. The van der Waals surface area contributed by atoms with Crippen molar-refractivity contribution in [2.75, 3.05) is 6.61 Å². The van der Waals surface area contributed by atoms with Crippen molar-refractivity contribution >= 4 is 5.91 Å². The van der Waals surface area contributed by atoms with Crippen LogP contribution in [0.2, 0.25) is 0 Å². The molecule has 0 N–H and O–H groups in total. The summed E-state index contributed by atoms with van der Waals surface area (Å²) in [5, 5.41) is 0. The van der Waals surface area contributed by atoms with E-state index in [9.17, 15) is 4.79 Å². The number of hydrogen-bond donors (Lipinski definition) is 0. The van der Waals surface area contributed by atoms with Crippen molar-refractivity contribution in [1.29, 1.82) is 0 Å². The number of rotatable bonds is 3. The summed E-state index contributed by atoms with van der Waals surface area (Å²) in [7, 11) is 0. The van der Waals surface area contributed by atoms with Crippen LogP contribution in [0.3, 0.4) is 0 Å². The van der Waals surface area contributed by atoms with Crippen LogP contribution >= 0.6 is 0 Å². The van der Waals surface area contributed by atoms with Crippen LogP contribution < -0.4 is 4.74 Å². The van der Waals surface area contributed by atoms with Crippen molar-refractivity contribution in [2.45, 2.75) is 59.0 Å². The summed E-state index contributed by atoms with van der Waals surface area (Å²) in [4.78, 5) is 14.3. The molecule has 1 fully saturated rings. The molecule has 1 aromatic carbocycles. The molecule has 2 atom stereocenters. The molecule has 0 radical (unpaired) electrons. The molecule has 0 aromatic heterocycles. The Morgan fingerprint density at radius 1 is 1.20 bits per heavy atom. The Labute approximate surface area is 121 Å². The second kappa shape index (κ2) is 6.29. The Morgan fingerprint density at radius 2 is 1.85 bits per heavy atom. The maximum Gasteiger partial charge on any atom is 0.260 e. The fraction of sp³-hybridized carbons (Fsp3) is 0.588. The lowest BCUT2D eigenvalue weighted by Gasteiger charge is -2.39. The van der Waals surface area contributed by atoms with E-state index in [2.05, 4.69) is 27.7 Å². The number of nitrogens with zero attached hydrogens (tertiary/aromatic N) is 1. The van der Waals surface area contributed by atoms with Crippen LogP contribution in [0.4, 0.5) is 0 Å². The van der Waals surface area contributed by atoms with Gasteiger partial charge in [0.1, 0.15) is 5.75 Å². The molecule has 0 spiro atoms. The van der Waals surface area contributed by atoms with E-state index in [1.165, 1.54) is 17.5 Å². The molecule has 3 heteroatoms. The largest absolute Gasteiger partial charge is 0.484 e. The van der Waals surface area contributed by atoms with Gasteiger partial charge in [-0.25, -0.2) is 0 Å². The molecule has 1 aromatic rings. The number of carbonyl (C=O) groups is 1. The van der Waals surface area contributed by atoms with Crippen molar-refractivity contribution < 1.29 is 9.53 Å². The van der Waals surface area contributed by atoms with E-state index in [1.807, 2.05) is 23.1 Å². The topological polar surface area (TPSA) is 29.5 Å². The number of amides is 1. The SMILES string of the molecule is Cc1ccc(OCC(=O)N2C(C)CCCC2C)cc1C. The number of piperidine rings is 1. The Hall–Kier alpha value is -1.51. The Bertz CT molecular complexity index is 474. The van der Waals surface area contributed by atoms with Crippen LogP contribution in [-0.4, -0.2) is 29.5 Å². The average molecular weight is 275 g/mol. The van der Waals surface area contributed by atoms with Gasteiger partial charge in [-0.15, -0.1) is 0 Å². The lowest BCUT2D eigenvalue weighted by molar-refractivity contribution is -0.139. The highest BCUT2D eigenvalue weighted by Crippen LogP contribution is 2.23. The van der Waals surface area contributed by atoms with Crippen molar-refractivity contribution in [3.05, 3.63) is 29.3 Å². The fourth-order valence-corrected chi connectivity index (χ4v) is 2.94. The van der Waals surface area contributed by atoms with Gasteiger partial charge in [0, 0.05) is 12.1 Å². The molecule has 110 valence electrons. The van der Waals surface area contributed by atoms with Crippen LogP contribution in [0.5, 0.6) is 5.75 Å². The summed E-state index contributed by atoms with van der Waals surface area (Å²) in [6.45, 7) is 8.52. The number of ether oxygens (including phenoxy) is 1. The molecule has 0 aliphatic carbocycles. The van der Waals surface area contributed by atoms with Crippen molar-refractivity contribution in [3.63, 3.8) is 0 Å². The van der Waals surface area contributed by atoms with E-state index in [-0.39, 0.29) is 12.5 Å². The number of hydrogen-bond acceptors (Lipinski definition) is 2. The first-order valence-electron chi connectivity index (χ1n) is 7.50. The molecule has 20 heavy (non-hydrogen) atoms. The quantitative estimate of drug-likeness (QED) is 0.845. The van der Waals surface area contributed by atoms with Crippen LogP contribution in [0, 0.1) is 13.8 Å². The molecule has 1 aliphatic rings. The minimum Gasteiger partial charge on any atom is -0.484 e. The first-order valence-corrected chi connectivity index (χ1v) is 7.50. The summed E-state index contributed by atoms with van der Waals surface area (Å²) in [6.07, 6.45) is 3.41. The second-order valence-corrected chi connectivity index (χ2v) is 5.96. The van der Waals surface area contributed by atoms with Crippen LogP contribution in [0.25, 0.3) is 0 Å². The number of carbonyl (C=O) groups excluding carboxylic acids is 1. The minimum atomic E-state index is 0.0999. The highest BCUT2D eigenvalue weighted by atomic mass is 16.5. The highest BCUT2D eigenvalue weighted by molar-refractivity contribution is 5.78. The van der Waals surface area contributed by atoms with Gasteiger partial charge in [-0.05, 0) is 70.2 Å². The first kappa shape index (κ1) is 14.9. The Kier molecular flexibility index (Phi) is 4.69. The van der Waals surface area contributed by atoms with Crippen LogP contribution in [0.15, 0.2) is 18.2 Å². The molecule has 0 saturated carbocycles. The van der Waals surface area contributed by atoms with E-state index in [0.29, 0.717) is 12.1 Å². The van der Waals surface area contributed by atoms with E-state index in [4.69, 9.17) is 4.74 Å². The van der Waals surface area contributed by atoms with Gasteiger partial charge in [-0.1, -0.05) is 6.07 Å². The smallest absolute Gasteiger partial charge is 0.260 e. The molecular weight excluding hydrogens is 250 g/mol. The van der Waals surface area contributed by atoms with E-state index >= 15 is 0 Å². The Morgan fingerprint density at radius 3 is 2.45 bits per heavy atom. The zero-order valence-corrected chi connectivity index (χ0v) is 13.0. The highest BCUT2D eigenvalue weighted by Gasteiger charge is 2.28. The lowest BCUT2D eigenvalue weighted by Crippen LogP contribution is -2.49. The van der Waals surface area contributed by atoms with Gasteiger partial charge in [-0.2, -0.15) is 0 Å². The summed E-state index contributed by atoms with van der Waals surface area (Å²) in [5.41, 5.74) is 2.43. The summed E-state index contributed by atoms with van der Waals surface area (Å²) in [5.74, 6) is 0.877. The third-order valence-electron chi connectivity index (χ3n) is 4.32. The standard InChI is InChI=1S/C17H25NO2/c1-12-8-9-16(10-13(12)2)20-11-17(19)18-14(3)6-5-7-15(18)4/h8-10,14-15H,5-7,11H2,1-4H3. The van der Waals surface area contributed by atoms with Gasteiger partial charge >= 0.3 is 0 Å². The predicted molar refractivity (Wildman–Crippen MR) is 81.0 cm³/mol. The Balaban J connectivity index is 1.95. The minimum absolute atomic E-state index is 0.0999. The zero-order chi connectivity index (χ0) is 14.7. The van der Waals surface area contributed by atoms with Crippen molar-refractivity contribution in [1.82, 2.24) is 4.90 Å². The predicted octanol–water partition coefficient (Wildman–Crippen LogP) is 3.47. The van der Waals surface area contributed by atoms with Crippen LogP contribution in [-0.2, 0) is 4.79 Å². The summed E-state index contributed by atoms with van der Waals surface area (Å²) >= 11 is 0. The average Bonchev–Trinajstić information content (AvgIpc) is 2.40. The number of aryl methyl sites for hydroxylation is 2. The third-order valence-corrected chi connectivity index (χ3v) is 4.32. The molecular formula is C17H25NO2. The molecule has 1 amide bonds. The molecule has 1 saturated heterocycles. The normalized spacial score (nSPS) is 22.7. The molecule has 2 rings (SSSR count). The van der Waals surface area contributed by atoms with Gasteiger partial charge < -0.3 is 9.64 Å². The monoisotopic (exact) mass is 275 g/mol. The fourth-order valence-electron chi connectivity index (χ4n) is 2.94. The second-order valence-electron chi connectivity index (χ2n) is 5.96. The van der Waals surface area contributed by atoms with Gasteiger partial charge in [-0.3, -0.25) is 4.79 Å². The van der Waals surface area contributed by atoms with E-state index in [0.717, 1.165) is 18.6 Å². The lowest BCUT2D eigenvalue weighted by atomic mass is 9.97. The van der Waals surface area contributed by atoms with E-state index < -0.39 is 0 Å². The van der Waals surface area contributed by atoms with Crippen molar-refractivity contribution in [3.8, 4) is 5.75 Å². The molecule has 1 heterocycles. The summed E-state index contributed by atoms with van der Waals surface area (Å²) < 4.78 is 5.66.